The topological polar surface area (TPSA) is 92.7 Å². The molecule has 1 heterocycles. The first-order chi connectivity index (χ1) is 8.91. The van der Waals surface area contributed by atoms with E-state index in [1.165, 1.54) is 0 Å². The summed E-state index contributed by atoms with van der Waals surface area (Å²) in [6.45, 7) is 0. The average molecular weight is 285 g/mol. The van der Waals surface area contributed by atoms with Crippen molar-refractivity contribution in [2.24, 2.45) is 0 Å². The Kier molecular flexibility index (Phi) is 3.77. The lowest BCUT2D eigenvalue weighted by atomic mass is 10.1. The van der Waals surface area contributed by atoms with Crippen molar-refractivity contribution in [2.75, 3.05) is 18.6 Å². The van der Waals surface area contributed by atoms with Crippen molar-refractivity contribution in [1.82, 2.24) is 5.32 Å². The van der Waals surface area contributed by atoms with Crippen molar-refractivity contribution in [1.29, 1.82) is 0 Å². The lowest BCUT2D eigenvalue weighted by Gasteiger charge is -2.28. The van der Waals surface area contributed by atoms with Gasteiger partial charge >= 0.3 is 5.97 Å². The number of benzene rings is 1. The van der Waals surface area contributed by atoms with Gasteiger partial charge in [0.15, 0.2) is 9.84 Å². The molecule has 1 aliphatic heterocycles. The Morgan fingerprint density at radius 1 is 1.32 bits per heavy atom. The van der Waals surface area contributed by atoms with E-state index in [1.54, 1.807) is 31.4 Å². The molecule has 0 saturated carbocycles. The second-order valence-electron chi connectivity index (χ2n) is 4.46. The van der Waals surface area contributed by atoms with Gasteiger partial charge in [0.1, 0.15) is 11.8 Å². The Hall–Kier alpha value is -1.60. The van der Waals surface area contributed by atoms with Crippen LogP contribution in [-0.4, -0.2) is 44.2 Å². The van der Waals surface area contributed by atoms with E-state index in [9.17, 15) is 13.2 Å². The first kappa shape index (κ1) is 13.8. The third kappa shape index (κ3) is 3.24. The van der Waals surface area contributed by atoms with Crippen LogP contribution < -0.4 is 10.1 Å². The SMILES string of the molecule is COc1ccc(C2CS(=O)(=O)CC(C(=O)O)N2)cc1. The molecule has 0 bridgehead atoms. The summed E-state index contributed by atoms with van der Waals surface area (Å²) in [5, 5.41) is 11.8. The van der Waals surface area contributed by atoms with E-state index in [2.05, 4.69) is 5.32 Å². The van der Waals surface area contributed by atoms with Crippen LogP contribution in [-0.2, 0) is 14.6 Å². The summed E-state index contributed by atoms with van der Waals surface area (Å²) in [5.74, 6) is -0.947. The molecule has 0 spiro atoms. The van der Waals surface area contributed by atoms with Gasteiger partial charge in [-0.25, -0.2) is 8.42 Å². The molecule has 1 aromatic rings. The lowest BCUT2D eigenvalue weighted by molar-refractivity contribution is -0.139. The number of aliphatic carboxylic acids is 1. The minimum absolute atomic E-state index is 0.0941. The summed E-state index contributed by atoms with van der Waals surface area (Å²) < 4.78 is 28.5. The summed E-state index contributed by atoms with van der Waals surface area (Å²) in [6.07, 6.45) is 0. The molecule has 1 saturated heterocycles. The quantitative estimate of drug-likeness (QED) is 0.824. The van der Waals surface area contributed by atoms with Crippen LogP contribution in [0.2, 0.25) is 0 Å². The van der Waals surface area contributed by atoms with Crippen LogP contribution in [0.25, 0.3) is 0 Å². The van der Waals surface area contributed by atoms with E-state index in [-0.39, 0.29) is 11.5 Å². The first-order valence-electron chi connectivity index (χ1n) is 5.74. The lowest BCUT2D eigenvalue weighted by Crippen LogP contribution is -2.51. The number of nitrogens with one attached hydrogen (secondary N) is 1. The number of hydrogen-bond acceptors (Lipinski definition) is 5. The van der Waals surface area contributed by atoms with Crippen LogP contribution >= 0.6 is 0 Å². The highest BCUT2D eigenvalue weighted by atomic mass is 32.2. The summed E-state index contributed by atoms with van der Waals surface area (Å²) in [6, 6.07) is 5.32. The van der Waals surface area contributed by atoms with E-state index in [0.717, 1.165) is 5.56 Å². The number of carboxylic acids is 1. The fourth-order valence-electron chi connectivity index (χ4n) is 2.09. The number of rotatable bonds is 3. The predicted molar refractivity (Wildman–Crippen MR) is 68.9 cm³/mol. The largest absolute Gasteiger partial charge is 0.497 e. The molecule has 2 unspecified atom stereocenters. The van der Waals surface area contributed by atoms with Crippen LogP contribution in [0.3, 0.4) is 0 Å². The van der Waals surface area contributed by atoms with E-state index in [0.29, 0.717) is 5.75 Å². The third-order valence-electron chi connectivity index (χ3n) is 3.06. The molecule has 6 nitrogen and oxygen atoms in total. The van der Waals surface area contributed by atoms with Gasteiger partial charge in [-0.15, -0.1) is 0 Å². The minimum Gasteiger partial charge on any atom is -0.497 e. The van der Waals surface area contributed by atoms with Crippen LogP contribution in [0.1, 0.15) is 11.6 Å². The number of carbonyl (C=O) groups is 1. The number of carboxylic acid groups (broad SMARTS) is 1. The van der Waals surface area contributed by atoms with Crippen molar-refractivity contribution in [3.05, 3.63) is 29.8 Å². The van der Waals surface area contributed by atoms with Gasteiger partial charge < -0.3 is 9.84 Å². The molecule has 0 radical (unpaired) electrons. The molecule has 2 rings (SSSR count). The monoisotopic (exact) mass is 285 g/mol. The van der Waals surface area contributed by atoms with Gasteiger partial charge in [0, 0.05) is 6.04 Å². The van der Waals surface area contributed by atoms with Gasteiger partial charge in [-0.1, -0.05) is 12.1 Å². The van der Waals surface area contributed by atoms with Gasteiger partial charge in [0.2, 0.25) is 0 Å². The Bertz CT molecular complexity index is 566. The zero-order valence-electron chi connectivity index (χ0n) is 10.4. The summed E-state index contributed by atoms with van der Waals surface area (Å²) in [7, 11) is -1.82. The Morgan fingerprint density at radius 2 is 1.95 bits per heavy atom. The van der Waals surface area contributed by atoms with Crippen molar-refractivity contribution < 1.29 is 23.1 Å². The van der Waals surface area contributed by atoms with E-state index in [1.807, 2.05) is 0 Å². The Morgan fingerprint density at radius 3 is 2.47 bits per heavy atom. The van der Waals surface area contributed by atoms with Crippen molar-refractivity contribution in [2.45, 2.75) is 12.1 Å². The smallest absolute Gasteiger partial charge is 0.321 e. The van der Waals surface area contributed by atoms with Crippen LogP contribution in [0, 0.1) is 0 Å². The molecule has 2 atom stereocenters. The normalized spacial score (nSPS) is 25.7. The molecule has 1 aliphatic rings. The highest BCUT2D eigenvalue weighted by molar-refractivity contribution is 7.91. The highest BCUT2D eigenvalue weighted by Crippen LogP contribution is 2.23. The standard InChI is InChI=1S/C12H15NO5S/c1-18-9-4-2-8(3-5-9)10-6-19(16,17)7-11(13-10)12(14)15/h2-5,10-11,13H,6-7H2,1H3,(H,14,15). The number of sulfone groups is 1. The van der Waals surface area contributed by atoms with Gasteiger partial charge in [-0.3, -0.25) is 10.1 Å². The summed E-state index contributed by atoms with van der Waals surface area (Å²) in [5.41, 5.74) is 0.732. The Labute approximate surface area is 111 Å². The molecule has 1 fully saturated rings. The number of ether oxygens (including phenoxy) is 1. The molecule has 0 aliphatic carbocycles. The van der Waals surface area contributed by atoms with Gasteiger partial charge in [-0.05, 0) is 17.7 Å². The van der Waals surface area contributed by atoms with Crippen LogP contribution in [0.4, 0.5) is 0 Å². The second-order valence-corrected chi connectivity index (χ2v) is 6.61. The zero-order chi connectivity index (χ0) is 14.0. The van der Waals surface area contributed by atoms with E-state index >= 15 is 0 Å². The van der Waals surface area contributed by atoms with Crippen LogP contribution in [0.15, 0.2) is 24.3 Å². The third-order valence-corrected chi connectivity index (χ3v) is 4.74. The molecule has 7 heteroatoms. The van der Waals surface area contributed by atoms with E-state index in [4.69, 9.17) is 9.84 Å². The van der Waals surface area contributed by atoms with Gasteiger partial charge in [0.05, 0.1) is 18.6 Å². The minimum atomic E-state index is -3.36. The predicted octanol–water partition coefficient (Wildman–Crippen LogP) is 0.208. The maximum absolute atomic E-state index is 11.7. The van der Waals surface area contributed by atoms with Crippen LogP contribution in [0.5, 0.6) is 5.75 Å². The molecule has 104 valence electrons. The fourth-order valence-corrected chi connectivity index (χ4v) is 3.77. The summed E-state index contributed by atoms with van der Waals surface area (Å²) in [4.78, 5) is 11.0. The van der Waals surface area contributed by atoms with Crippen molar-refractivity contribution in [3.8, 4) is 5.75 Å². The average Bonchev–Trinajstić information content (AvgIpc) is 2.37. The van der Waals surface area contributed by atoms with Gasteiger partial charge in [0.25, 0.3) is 0 Å². The maximum Gasteiger partial charge on any atom is 0.321 e. The van der Waals surface area contributed by atoms with E-state index < -0.39 is 27.9 Å². The molecular weight excluding hydrogens is 270 g/mol. The highest BCUT2D eigenvalue weighted by Gasteiger charge is 2.35. The fraction of sp³-hybridized carbons (Fsp3) is 0.417. The second kappa shape index (κ2) is 5.18. The molecule has 0 amide bonds. The molecule has 1 aromatic carbocycles. The molecular formula is C12H15NO5S. The first-order valence-corrected chi connectivity index (χ1v) is 7.56. The van der Waals surface area contributed by atoms with Crippen molar-refractivity contribution in [3.63, 3.8) is 0 Å². The molecule has 19 heavy (non-hydrogen) atoms. The molecule has 2 N–H and O–H groups in total. The van der Waals surface area contributed by atoms with Crippen molar-refractivity contribution >= 4 is 15.8 Å². The van der Waals surface area contributed by atoms with Gasteiger partial charge in [-0.2, -0.15) is 0 Å². The molecule has 0 aromatic heterocycles. The maximum atomic E-state index is 11.7. The zero-order valence-corrected chi connectivity index (χ0v) is 11.2. The number of hydrogen-bond donors (Lipinski definition) is 2. The Balaban J connectivity index is 2.25. The number of methoxy groups -OCH3 is 1. The summed E-state index contributed by atoms with van der Waals surface area (Å²) >= 11 is 0.